The molecule has 0 aliphatic rings. The van der Waals surface area contributed by atoms with Gasteiger partial charge in [0.1, 0.15) is 0 Å². The van der Waals surface area contributed by atoms with Gasteiger partial charge in [0.05, 0.1) is 0 Å². The van der Waals surface area contributed by atoms with Crippen LogP contribution >= 0.6 is 11.3 Å². The third-order valence-electron chi connectivity index (χ3n) is 2.52. The molecule has 1 aromatic rings. The van der Waals surface area contributed by atoms with Gasteiger partial charge in [-0.25, -0.2) is 0 Å². The van der Waals surface area contributed by atoms with Crippen molar-refractivity contribution in [1.82, 2.24) is 4.90 Å². The number of thiophene rings is 1. The normalized spacial score (nSPS) is 15.5. The van der Waals surface area contributed by atoms with Gasteiger partial charge >= 0.3 is 0 Å². The highest BCUT2D eigenvalue weighted by Gasteiger charge is 2.10. The minimum Gasteiger partial charge on any atom is -0.302 e. The molecule has 1 aromatic heterocycles. The molecule has 0 aliphatic heterocycles. The van der Waals surface area contributed by atoms with Crippen molar-refractivity contribution in [3.63, 3.8) is 0 Å². The zero-order valence-corrected chi connectivity index (χ0v) is 11.2. The predicted molar refractivity (Wildman–Crippen MR) is 69.0 cm³/mol. The quantitative estimate of drug-likeness (QED) is 0.764. The van der Waals surface area contributed by atoms with Crippen LogP contribution in [-0.2, 0) is 17.2 Å². The molecule has 0 aliphatic carbocycles. The van der Waals surface area contributed by atoms with Crippen LogP contribution in [0.25, 0.3) is 0 Å². The van der Waals surface area contributed by atoms with Gasteiger partial charge in [0, 0.05) is 40.3 Å². The van der Waals surface area contributed by atoms with Crippen molar-refractivity contribution in [3.05, 3.63) is 22.4 Å². The van der Waals surface area contributed by atoms with Gasteiger partial charge in [0.15, 0.2) is 0 Å². The molecule has 0 N–H and O–H groups in total. The van der Waals surface area contributed by atoms with Gasteiger partial charge in [-0.1, -0.05) is 6.07 Å². The lowest BCUT2D eigenvalue weighted by molar-refractivity contribution is 0.281. The first kappa shape index (κ1) is 12.9. The highest BCUT2D eigenvalue weighted by Crippen LogP contribution is 2.10. The topological polar surface area (TPSA) is 20.3 Å². The molecule has 0 aromatic carbocycles. The molecule has 0 bridgehead atoms. The van der Waals surface area contributed by atoms with Crippen molar-refractivity contribution >= 4 is 22.1 Å². The first-order chi connectivity index (χ1) is 7.09. The molecule has 0 radical (unpaired) electrons. The van der Waals surface area contributed by atoms with Crippen LogP contribution in [-0.4, -0.2) is 40.8 Å². The largest absolute Gasteiger partial charge is 0.302 e. The van der Waals surface area contributed by atoms with Crippen LogP contribution < -0.4 is 0 Å². The molecule has 4 heteroatoms. The molecule has 2 atom stereocenters. The molecule has 0 saturated heterocycles. The minimum absolute atomic E-state index is 0.399. The van der Waals surface area contributed by atoms with Gasteiger partial charge in [-0.2, -0.15) is 0 Å². The van der Waals surface area contributed by atoms with Crippen LogP contribution in [0.3, 0.4) is 0 Å². The van der Waals surface area contributed by atoms with Gasteiger partial charge in [-0.05, 0) is 31.8 Å². The highest BCUT2D eigenvalue weighted by atomic mass is 32.2. The maximum atomic E-state index is 11.1. The van der Waals surface area contributed by atoms with Crippen LogP contribution in [0.2, 0.25) is 0 Å². The summed E-state index contributed by atoms with van der Waals surface area (Å²) in [6, 6.07) is 4.65. The fraction of sp³-hybridized carbons (Fsp3) is 0.636. The summed E-state index contributed by atoms with van der Waals surface area (Å²) in [5.74, 6) is 0.765. The molecule has 0 saturated carbocycles. The Morgan fingerprint density at radius 2 is 2.33 bits per heavy atom. The third-order valence-corrected chi connectivity index (χ3v) is 4.41. The lowest BCUT2D eigenvalue weighted by atomic mass is 10.3. The molecule has 2 nitrogen and oxygen atoms in total. The molecule has 0 amide bonds. The Balaban J connectivity index is 2.29. The number of rotatable bonds is 6. The van der Waals surface area contributed by atoms with Crippen molar-refractivity contribution in [3.8, 4) is 0 Å². The van der Waals surface area contributed by atoms with Gasteiger partial charge < -0.3 is 4.90 Å². The fourth-order valence-electron chi connectivity index (χ4n) is 1.43. The first-order valence-corrected chi connectivity index (χ1v) is 7.73. The van der Waals surface area contributed by atoms with Crippen LogP contribution in [0.5, 0.6) is 0 Å². The molecule has 0 unspecified atom stereocenters. The van der Waals surface area contributed by atoms with E-state index in [4.69, 9.17) is 0 Å². The summed E-state index contributed by atoms with van der Waals surface area (Å²) in [5, 5.41) is 2.11. The Morgan fingerprint density at radius 3 is 2.87 bits per heavy atom. The zero-order valence-electron chi connectivity index (χ0n) is 9.60. The number of hydrogen-bond acceptors (Lipinski definition) is 3. The smallest absolute Gasteiger partial charge is 0.0385 e. The van der Waals surface area contributed by atoms with Crippen LogP contribution in [0, 0.1) is 0 Å². The van der Waals surface area contributed by atoms with E-state index in [1.807, 2.05) is 0 Å². The molecule has 86 valence electrons. The lowest BCUT2D eigenvalue weighted by Crippen LogP contribution is -2.34. The van der Waals surface area contributed by atoms with Crippen molar-refractivity contribution < 1.29 is 4.21 Å². The van der Waals surface area contributed by atoms with Gasteiger partial charge in [-0.15, -0.1) is 11.3 Å². The maximum absolute atomic E-state index is 11.1. The van der Waals surface area contributed by atoms with Crippen LogP contribution in [0.1, 0.15) is 11.8 Å². The fourth-order valence-corrected chi connectivity index (χ4v) is 3.06. The van der Waals surface area contributed by atoms with E-state index in [9.17, 15) is 4.21 Å². The zero-order chi connectivity index (χ0) is 11.3. The lowest BCUT2D eigenvalue weighted by Gasteiger charge is -2.23. The van der Waals surface area contributed by atoms with E-state index in [0.717, 1.165) is 18.7 Å². The summed E-state index contributed by atoms with van der Waals surface area (Å²) < 4.78 is 11.1. The summed E-state index contributed by atoms with van der Waals surface area (Å²) in [5.41, 5.74) is 0. The molecule has 1 heterocycles. The Kier molecular flexibility index (Phi) is 5.50. The van der Waals surface area contributed by atoms with Crippen LogP contribution in [0.4, 0.5) is 0 Å². The van der Waals surface area contributed by atoms with Gasteiger partial charge in [0.2, 0.25) is 0 Å². The first-order valence-electron chi connectivity index (χ1n) is 5.12. The van der Waals surface area contributed by atoms with E-state index in [1.165, 1.54) is 4.88 Å². The Hall–Kier alpha value is -0.190. The summed E-state index contributed by atoms with van der Waals surface area (Å²) in [6.45, 7) is 3.18. The Labute approximate surface area is 98.8 Å². The number of likely N-dealkylation sites (N-methyl/N-ethyl adjacent to an activating group) is 1. The summed E-state index contributed by atoms with van der Waals surface area (Å²) >= 11 is 1.80. The van der Waals surface area contributed by atoms with Crippen molar-refractivity contribution in [1.29, 1.82) is 0 Å². The molecular weight excluding hydrogens is 226 g/mol. The second-order valence-corrected chi connectivity index (χ2v) is 6.41. The summed E-state index contributed by atoms with van der Waals surface area (Å²) in [7, 11) is 1.41. The van der Waals surface area contributed by atoms with E-state index in [0.29, 0.717) is 6.04 Å². The van der Waals surface area contributed by atoms with Gasteiger partial charge in [0.25, 0.3) is 0 Å². The molecule has 0 fully saturated rings. The van der Waals surface area contributed by atoms with E-state index in [1.54, 1.807) is 17.6 Å². The maximum Gasteiger partial charge on any atom is 0.0385 e. The third kappa shape index (κ3) is 4.91. The second kappa shape index (κ2) is 6.40. The second-order valence-electron chi connectivity index (χ2n) is 3.90. The van der Waals surface area contributed by atoms with E-state index < -0.39 is 10.8 Å². The molecule has 15 heavy (non-hydrogen) atoms. The van der Waals surface area contributed by atoms with Crippen LogP contribution in [0.15, 0.2) is 17.5 Å². The average Bonchev–Trinajstić information content (AvgIpc) is 2.65. The average molecular weight is 245 g/mol. The summed E-state index contributed by atoms with van der Waals surface area (Å²) in [4.78, 5) is 3.70. The van der Waals surface area contributed by atoms with Crippen molar-refractivity contribution in [2.75, 3.05) is 25.6 Å². The van der Waals surface area contributed by atoms with E-state index in [2.05, 4.69) is 36.4 Å². The van der Waals surface area contributed by atoms with Crippen molar-refractivity contribution in [2.45, 2.75) is 19.4 Å². The monoisotopic (exact) mass is 245 g/mol. The van der Waals surface area contributed by atoms with E-state index in [-0.39, 0.29) is 0 Å². The van der Waals surface area contributed by atoms with Crippen molar-refractivity contribution in [2.24, 2.45) is 0 Å². The van der Waals surface area contributed by atoms with Gasteiger partial charge in [-0.3, -0.25) is 4.21 Å². The Morgan fingerprint density at radius 1 is 1.60 bits per heavy atom. The number of hydrogen-bond donors (Lipinski definition) is 0. The minimum atomic E-state index is -0.696. The van der Waals surface area contributed by atoms with E-state index >= 15 is 0 Å². The Bertz CT molecular complexity index is 298. The highest BCUT2D eigenvalue weighted by molar-refractivity contribution is 7.84. The summed E-state index contributed by atoms with van der Waals surface area (Å²) in [6.07, 6.45) is 2.86. The number of nitrogens with zero attached hydrogens (tertiary/aromatic N) is 1. The SMILES string of the molecule is C[C@H](C[S@@](C)=O)N(C)CCc1cccs1. The predicted octanol–water partition coefficient (Wildman–Crippen LogP) is 1.99. The molecular formula is C11H19NOS2. The molecule has 1 rings (SSSR count). The standard InChI is InChI=1S/C11H19NOS2/c1-10(9-15(3)13)12(2)7-6-11-5-4-8-14-11/h4-5,8,10H,6-7,9H2,1-3H3/t10-,15-/m1/s1. The molecule has 0 spiro atoms.